The molecule has 1 amide bonds. The largest absolute Gasteiger partial charge is 0.497 e. The monoisotopic (exact) mass is 365 g/mol. The number of carbonyl (C=O) groups is 1. The van der Waals surface area contributed by atoms with Gasteiger partial charge in [-0.1, -0.05) is 0 Å². The molecule has 0 radical (unpaired) electrons. The van der Waals surface area contributed by atoms with Crippen LogP contribution in [0.3, 0.4) is 0 Å². The van der Waals surface area contributed by atoms with Crippen molar-refractivity contribution in [3.05, 3.63) is 46.4 Å². The van der Waals surface area contributed by atoms with Crippen molar-refractivity contribution >= 4 is 27.5 Å². The number of carbonyl (C=O) groups excluding carboxylic acids is 1. The summed E-state index contributed by atoms with van der Waals surface area (Å²) in [5.41, 5.74) is 1.03. The molecule has 0 saturated heterocycles. The molecule has 0 aromatic heterocycles. The van der Waals surface area contributed by atoms with Crippen LogP contribution in [0, 0.1) is 0 Å². The van der Waals surface area contributed by atoms with E-state index in [1.165, 1.54) is 7.11 Å². The summed E-state index contributed by atoms with van der Waals surface area (Å²) in [6, 6.07) is 10.4. The smallest absolute Gasteiger partial charge is 0.257 e. The summed E-state index contributed by atoms with van der Waals surface area (Å²) in [5, 5.41) is 2.82. The van der Waals surface area contributed by atoms with Crippen LogP contribution in [0.15, 0.2) is 40.9 Å². The van der Waals surface area contributed by atoms with Crippen molar-refractivity contribution < 1.29 is 19.0 Å². The third-order valence-corrected chi connectivity index (χ3v) is 3.77. The summed E-state index contributed by atoms with van der Waals surface area (Å²) in [6.07, 6.45) is 0. The standard InChI is InChI=1S/C16H16BrNO4/c1-20-10-4-6-13(17)12(8-10)16(19)18-14-7-5-11(21-2)9-15(14)22-3/h4-9H,1-3H3,(H,18,19). The molecule has 0 bridgehead atoms. The van der Waals surface area contributed by atoms with E-state index in [4.69, 9.17) is 14.2 Å². The summed E-state index contributed by atoms with van der Waals surface area (Å²) < 4.78 is 16.2. The first-order chi connectivity index (χ1) is 10.6. The minimum Gasteiger partial charge on any atom is -0.497 e. The maximum absolute atomic E-state index is 12.4. The molecule has 0 aliphatic carbocycles. The van der Waals surface area contributed by atoms with E-state index in [1.807, 2.05) is 0 Å². The highest BCUT2D eigenvalue weighted by Gasteiger charge is 2.14. The molecule has 0 atom stereocenters. The maximum atomic E-state index is 12.4. The van der Waals surface area contributed by atoms with Gasteiger partial charge < -0.3 is 19.5 Å². The number of halogens is 1. The first kappa shape index (κ1) is 16.2. The zero-order valence-corrected chi connectivity index (χ0v) is 14.1. The summed E-state index contributed by atoms with van der Waals surface area (Å²) in [4.78, 5) is 12.4. The van der Waals surface area contributed by atoms with Gasteiger partial charge in [0.05, 0.1) is 32.6 Å². The lowest BCUT2D eigenvalue weighted by atomic mass is 10.2. The van der Waals surface area contributed by atoms with Crippen molar-refractivity contribution in [3.63, 3.8) is 0 Å². The lowest BCUT2D eigenvalue weighted by Crippen LogP contribution is -2.13. The van der Waals surface area contributed by atoms with Gasteiger partial charge >= 0.3 is 0 Å². The molecule has 5 nitrogen and oxygen atoms in total. The average Bonchev–Trinajstić information content (AvgIpc) is 2.55. The molecule has 0 fully saturated rings. The fourth-order valence-electron chi connectivity index (χ4n) is 1.90. The molecular weight excluding hydrogens is 350 g/mol. The summed E-state index contributed by atoms with van der Waals surface area (Å²) in [6.45, 7) is 0. The summed E-state index contributed by atoms with van der Waals surface area (Å²) in [5.74, 6) is 1.51. The van der Waals surface area contributed by atoms with E-state index in [0.717, 1.165) is 0 Å². The van der Waals surface area contributed by atoms with Crippen LogP contribution < -0.4 is 19.5 Å². The number of hydrogen-bond donors (Lipinski definition) is 1. The molecule has 0 spiro atoms. The van der Waals surface area contributed by atoms with Gasteiger partial charge in [0.1, 0.15) is 17.2 Å². The Morgan fingerprint density at radius 2 is 1.59 bits per heavy atom. The number of anilines is 1. The maximum Gasteiger partial charge on any atom is 0.257 e. The Bertz CT molecular complexity index is 688. The van der Waals surface area contributed by atoms with Crippen LogP contribution in [0.2, 0.25) is 0 Å². The van der Waals surface area contributed by atoms with E-state index < -0.39 is 0 Å². The van der Waals surface area contributed by atoms with E-state index in [1.54, 1.807) is 50.6 Å². The third kappa shape index (κ3) is 3.51. The van der Waals surface area contributed by atoms with Gasteiger partial charge in [0.25, 0.3) is 5.91 Å². The van der Waals surface area contributed by atoms with E-state index in [2.05, 4.69) is 21.2 Å². The molecular formula is C16H16BrNO4. The third-order valence-electron chi connectivity index (χ3n) is 3.08. The van der Waals surface area contributed by atoms with Crippen LogP contribution in [-0.2, 0) is 0 Å². The predicted octanol–water partition coefficient (Wildman–Crippen LogP) is 3.73. The highest BCUT2D eigenvalue weighted by Crippen LogP contribution is 2.30. The molecule has 116 valence electrons. The van der Waals surface area contributed by atoms with Gasteiger partial charge in [-0.3, -0.25) is 4.79 Å². The van der Waals surface area contributed by atoms with Gasteiger partial charge in [-0.25, -0.2) is 0 Å². The van der Waals surface area contributed by atoms with Crippen LogP contribution in [0.1, 0.15) is 10.4 Å². The molecule has 0 unspecified atom stereocenters. The molecule has 0 aliphatic heterocycles. The second-order valence-corrected chi connectivity index (χ2v) is 5.22. The first-order valence-corrected chi connectivity index (χ1v) is 7.25. The van der Waals surface area contributed by atoms with Crippen molar-refractivity contribution in [2.75, 3.05) is 26.6 Å². The summed E-state index contributed by atoms with van der Waals surface area (Å²) in [7, 11) is 4.66. The zero-order valence-electron chi connectivity index (χ0n) is 12.5. The van der Waals surface area contributed by atoms with Crippen molar-refractivity contribution in [1.29, 1.82) is 0 Å². The van der Waals surface area contributed by atoms with Crippen LogP contribution in [-0.4, -0.2) is 27.2 Å². The molecule has 2 rings (SSSR count). The van der Waals surface area contributed by atoms with Gasteiger partial charge in [-0.05, 0) is 46.3 Å². The fourth-order valence-corrected chi connectivity index (χ4v) is 2.32. The molecule has 0 heterocycles. The topological polar surface area (TPSA) is 56.8 Å². The van der Waals surface area contributed by atoms with E-state index in [9.17, 15) is 4.79 Å². The Kier molecular flexibility index (Phi) is 5.27. The number of hydrogen-bond acceptors (Lipinski definition) is 4. The minimum atomic E-state index is -0.269. The number of benzene rings is 2. The van der Waals surface area contributed by atoms with Crippen LogP contribution in [0.4, 0.5) is 5.69 Å². The molecule has 22 heavy (non-hydrogen) atoms. The SMILES string of the molecule is COc1ccc(NC(=O)c2cc(OC)ccc2Br)c(OC)c1. The Balaban J connectivity index is 2.29. The van der Waals surface area contributed by atoms with Crippen LogP contribution >= 0.6 is 15.9 Å². The average molecular weight is 366 g/mol. The lowest BCUT2D eigenvalue weighted by Gasteiger charge is -2.12. The molecule has 2 aromatic rings. The molecule has 2 aromatic carbocycles. The normalized spacial score (nSPS) is 10.0. The number of methoxy groups -OCH3 is 3. The van der Waals surface area contributed by atoms with Gasteiger partial charge in [0.15, 0.2) is 0 Å². The Morgan fingerprint density at radius 1 is 0.955 bits per heavy atom. The Hall–Kier alpha value is -2.21. The van der Waals surface area contributed by atoms with Crippen LogP contribution in [0.25, 0.3) is 0 Å². The lowest BCUT2D eigenvalue weighted by molar-refractivity contribution is 0.102. The Labute approximate surface area is 137 Å². The second-order valence-electron chi connectivity index (χ2n) is 4.37. The van der Waals surface area contributed by atoms with Crippen molar-refractivity contribution in [1.82, 2.24) is 0 Å². The van der Waals surface area contributed by atoms with Gasteiger partial charge in [-0.15, -0.1) is 0 Å². The fraction of sp³-hybridized carbons (Fsp3) is 0.188. The zero-order chi connectivity index (χ0) is 16.1. The van der Waals surface area contributed by atoms with E-state index in [-0.39, 0.29) is 5.91 Å². The Morgan fingerprint density at radius 3 is 2.23 bits per heavy atom. The first-order valence-electron chi connectivity index (χ1n) is 6.46. The van der Waals surface area contributed by atoms with Gasteiger partial charge in [-0.2, -0.15) is 0 Å². The van der Waals surface area contributed by atoms with Crippen molar-refractivity contribution in [3.8, 4) is 17.2 Å². The number of rotatable bonds is 5. The highest BCUT2D eigenvalue weighted by molar-refractivity contribution is 9.10. The molecule has 6 heteroatoms. The quantitative estimate of drug-likeness (QED) is 0.876. The minimum absolute atomic E-state index is 0.269. The molecule has 0 aliphatic rings. The summed E-state index contributed by atoms with van der Waals surface area (Å²) >= 11 is 3.36. The second kappa shape index (κ2) is 7.17. The van der Waals surface area contributed by atoms with Crippen molar-refractivity contribution in [2.24, 2.45) is 0 Å². The predicted molar refractivity (Wildman–Crippen MR) is 88.2 cm³/mol. The van der Waals surface area contributed by atoms with Crippen molar-refractivity contribution in [2.45, 2.75) is 0 Å². The van der Waals surface area contributed by atoms with Gasteiger partial charge in [0.2, 0.25) is 0 Å². The number of ether oxygens (including phenoxy) is 3. The van der Waals surface area contributed by atoms with E-state index >= 15 is 0 Å². The van der Waals surface area contributed by atoms with Gasteiger partial charge in [0, 0.05) is 10.5 Å². The highest BCUT2D eigenvalue weighted by atomic mass is 79.9. The molecule has 0 saturated carbocycles. The molecule has 1 N–H and O–H groups in total. The van der Waals surface area contributed by atoms with Crippen LogP contribution in [0.5, 0.6) is 17.2 Å². The number of amides is 1. The van der Waals surface area contributed by atoms with E-state index in [0.29, 0.717) is 33.0 Å². The number of nitrogens with one attached hydrogen (secondary N) is 1.